The second-order valence-electron chi connectivity index (χ2n) is 4.38. The molecule has 0 aliphatic rings. The van der Waals surface area contributed by atoms with Crippen LogP contribution >= 0.6 is 34.7 Å². The molecule has 0 spiro atoms. The SMILES string of the molecule is C=CCSc1nnc(NC(=O)NC[C@@H](O)c2cccc(Cl)c2)s1. The van der Waals surface area contributed by atoms with Crippen LogP contribution in [-0.2, 0) is 0 Å². The molecule has 1 aromatic carbocycles. The minimum absolute atomic E-state index is 0.0586. The summed E-state index contributed by atoms with van der Waals surface area (Å²) in [4.78, 5) is 11.8. The highest BCUT2D eigenvalue weighted by Crippen LogP contribution is 2.25. The lowest BCUT2D eigenvalue weighted by Crippen LogP contribution is -2.32. The Kier molecular flexibility index (Phi) is 6.85. The zero-order valence-electron chi connectivity index (χ0n) is 12.0. The van der Waals surface area contributed by atoms with Crippen LogP contribution in [0.25, 0.3) is 0 Å². The first-order valence-electron chi connectivity index (χ1n) is 6.64. The fourth-order valence-electron chi connectivity index (χ4n) is 1.61. The van der Waals surface area contributed by atoms with Crippen molar-refractivity contribution in [1.82, 2.24) is 15.5 Å². The minimum Gasteiger partial charge on any atom is -0.387 e. The van der Waals surface area contributed by atoms with E-state index in [1.54, 1.807) is 30.3 Å². The molecule has 1 aromatic heterocycles. The van der Waals surface area contributed by atoms with Gasteiger partial charge in [-0.3, -0.25) is 5.32 Å². The predicted molar refractivity (Wildman–Crippen MR) is 94.3 cm³/mol. The van der Waals surface area contributed by atoms with Crippen LogP contribution in [0.15, 0.2) is 41.3 Å². The van der Waals surface area contributed by atoms with Crippen molar-refractivity contribution in [3.63, 3.8) is 0 Å². The molecule has 0 aliphatic carbocycles. The Morgan fingerprint density at radius 2 is 2.35 bits per heavy atom. The summed E-state index contributed by atoms with van der Waals surface area (Å²) in [6.45, 7) is 3.68. The van der Waals surface area contributed by atoms with Crippen molar-refractivity contribution in [2.24, 2.45) is 0 Å². The van der Waals surface area contributed by atoms with Gasteiger partial charge in [-0.15, -0.1) is 16.8 Å². The highest BCUT2D eigenvalue weighted by molar-refractivity contribution is 8.01. The van der Waals surface area contributed by atoms with Gasteiger partial charge in [0.05, 0.1) is 6.10 Å². The number of nitrogens with zero attached hydrogens (tertiary/aromatic N) is 2. The van der Waals surface area contributed by atoms with Gasteiger partial charge in [-0.05, 0) is 17.7 Å². The monoisotopic (exact) mass is 370 g/mol. The molecular weight excluding hydrogens is 356 g/mol. The number of thioether (sulfide) groups is 1. The van der Waals surface area contributed by atoms with Crippen molar-refractivity contribution in [1.29, 1.82) is 0 Å². The molecule has 1 heterocycles. The van der Waals surface area contributed by atoms with Crippen LogP contribution in [0.4, 0.5) is 9.93 Å². The second kappa shape index (κ2) is 8.88. The molecule has 0 bridgehead atoms. The summed E-state index contributed by atoms with van der Waals surface area (Å²) >= 11 is 8.63. The molecule has 0 saturated carbocycles. The molecule has 0 fully saturated rings. The molecule has 0 saturated heterocycles. The standard InChI is InChI=1S/C14H15ClN4O2S2/c1-2-6-22-14-19-18-13(23-14)17-12(21)16-8-11(20)9-4-3-5-10(15)7-9/h2-5,7,11,20H,1,6,8H2,(H2,16,17,18,21)/t11-/m1/s1. The lowest BCUT2D eigenvalue weighted by Gasteiger charge is -2.12. The predicted octanol–water partition coefficient (Wildman–Crippen LogP) is 3.32. The largest absolute Gasteiger partial charge is 0.387 e. The van der Waals surface area contributed by atoms with Crippen LogP contribution in [-0.4, -0.2) is 33.6 Å². The quantitative estimate of drug-likeness (QED) is 0.395. The average molecular weight is 371 g/mol. The van der Waals surface area contributed by atoms with Gasteiger partial charge in [0, 0.05) is 17.3 Å². The van der Waals surface area contributed by atoms with Gasteiger partial charge in [-0.2, -0.15) is 0 Å². The zero-order chi connectivity index (χ0) is 16.7. The summed E-state index contributed by atoms with van der Waals surface area (Å²) in [6, 6.07) is 6.39. The number of carbonyl (C=O) groups is 1. The molecule has 0 aliphatic heterocycles. The molecule has 0 unspecified atom stereocenters. The van der Waals surface area contributed by atoms with Crippen LogP contribution in [0.5, 0.6) is 0 Å². The minimum atomic E-state index is -0.840. The summed E-state index contributed by atoms with van der Waals surface area (Å²) in [5.41, 5.74) is 0.636. The first-order valence-corrected chi connectivity index (χ1v) is 8.82. The summed E-state index contributed by atoms with van der Waals surface area (Å²) < 4.78 is 0.749. The third-order valence-electron chi connectivity index (χ3n) is 2.64. The van der Waals surface area contributed by atoms with Gasteiger partial charge in [0.15, 0.2) is 4.34 Å². The van der Waals surface area contributed by atoms with Gasteiger partial charge in [-0.1, -0.05) is 52.9 Å². The van der Waals surface area contributed by atoms with E-state index >= 15 is 0 Å². The Morgan fingerprint density at radius 1 is 1.52 bits per heavy atom. The molecular formula is C14H15ClN4O2S2. The van der Waals surface area contributed by atoms with Crippen LogP contribution in [0, 0.1) is 0 Å². The number of aromatic nitrogens is 2. The van der Waals surface area contributed by atoms with Gasteiger partial charge in [-0.25, -0.2) is 4.79 Å². The molecule has 2 aromatic rings. The topological polar surface area (TPSA) is 87.1 Å². The molecule has 6 nitrogen and oxygen atoms in total. The van der Waals surface area contributed by atoms with Crippen molar-refractivity contribution in [3.8, 4) is 0 Å². The first kappa shape index (κ1) is 17.7. The normalized spacial score (nSPS) is 11.7. The van der Waals surface area contributed by atoms with Crippen molar-refractivity contribution < 1.29 is 9.90 Å². The Labute approximate surface area is 147 Å². The zero-order valence-corrected chi connectivity index (χ0v) is 14.4. The second-order valence-corrected chi connectivity index (χ2v) is 7.06. The highest BCUT2D eigenvalue weighted by atomic mass is 35.5. The molecule has 9 heteroatoms. The summed E-state index contributed by atoms with van der Waals surface area (Å²) in [5, 5.41) is 23.9. The van der Waals surface area contributed by atoms with E-state index in [0.717, 1.165) is 10.1 Å². The highest BCUT2D eigenvalue weighted by Gasteiger charge is 2.12. The molecule has 122 valence electrons. The van der Waals surface area contributed by atoms with Gasteiger partial charge >= 0.3 is 6.03 Å². The lowest BCUT2D eigenvalue weighted by molar-refractivity contribution is 0.175. The van der Waals surface area contributed by atoms with E-state index < -0.39 is 12.1 Å². The molecule has 23 heavy (non-hydrogen) atoms. The number of halogens is 1. The van der Waals surface area contributed by atoms with Crippen LogP contribution < -0.4 is 10.6 Å². The summed E-state index contributed by atoms with van der Waals surface area (Å²) in [5.74, 6) is 0.729. The number of hydrogen-bond donors (Lipinski definition) is 3. The lowest BCUT2D eigenvalue weighted by atomic mass is 10.1. The number of benzene rings is 1. The number of hydrogen-bond acceptors (Lipinski definition) is 6. The molecule has 1 atom stereocenters. The number of anilines is 1. The van der Waals surface area contributed by atoms with Gasteiger partial charge in [0.25, 0.3) is 0 Å². The number of aliphatic hydroxyl groups excluding tert-OH is 1. The molecule has 3 N–H and O–H groups in total. The van der Waals surface area contributed by atoms with Gasteiger partial charge in [0.1, 0.15) is 0 Å². The van der Waals surface area contributed by atoms with E-state index in [2.05, 4.69) is 27.4 Å². The Bertz CT molecular complexity index is 680. The van der Waals surface area contributed by atoms with Crippen molar-refractivity contribution in [2.75, 3.05) is 17.6 Å². The van der Waals surface area contributed by atoms with E-state index in [-0.39, 0.29) is 6.54 Å². The van der Waals surface area contributed by atoms with Crippen LogP contribution in [0.2, 0.25) is 5.02 Å². The van der Waals surface area contributed by atoms with E-state index in [4.69, 9.17) is 11.6 Å². The smallest absolute Gasteiger partial charge is 0.321 e. The van der Waals surface area contributed by atoms with Crippen molar-refractivity contribution >= 4 is 45.9 Å². The van der Waals surface area contributed by atoms with E-state index in [1.807, 2.05) is 0 Å². The average Bonchev–Trinajstić information content (AvgIpc) is 2.98. The third-order valence-corrected chi connectivity index (χ3v) is 4.84. The molecule has 2 rings (SSSR count). The number of nitrogens with one attached hydrogen (secondary N) is 2. The fourth-order valence-corrected chi connectivity index (χ4v) is 3.32. The summed E-state index contributed by atoms with van der Waals surface area (Å²) in [6.07, 6.45) is 0.927. The summed E-state index contributed by atoms with van der Waals surface area (Å²) in [7, 11) is 0. The maximum absolute atomic E-state index is 11.8. The third kappa shape index (κ3) is 5.83. The Hall–Kier alpha value is -1.61. The number of urea groups is 1. The van der Waals surface area contributed by atoms with Crippen LogP contribution in [0.1, 0.15) is 11.7 Å². The van der Waals surface area contributed by atoms with Crippen molar-refractivity contribution in [3.05, 3.63) is 47.5 Å². The Morgan fingerprint density at radius 3 is 3.09 bits per heavy atom. The van der Waals surface area contributed by atoms with E-state index in [9.17, 15) is 9.90 Å². The molecule has 2 amide bonds. The number of rotatable bonds is 7. The first-order chi connectivity index (χ1) is 11.1. The van der Waals surface area contributed by atoms with Gasteiger partial charge in [0.2, 0.25) is 5.13 Å². The van der Waals surface area contributed by atoms with E-state index in [1.165, 1.54) is 23.1 Å². The van der Waals surface area contributed by atoms with Crippen LogP contribution in [0.3, 0.4) is 0 Å². The Balaban J connectivity index is 1.80. The number of carbonyl (C=O) groups excluding carboxylic acids is 1. The number of amides is 2. The maximum Gasteiger partial charge on any atom is 0.321 e. The van der Waals surface area contributed by atoms with Crippen molar-refractivity contribution in [2.45, 2.75) is 10.4 Å². The molecule has 0 radical (unpaired) electrons. The van der Waals surface area contributed by atoms with Gasteiger partial charge < -0.3 is 10.4 Å². The fraction of sp³-hybridized carbons (Fsp3) is 0.214. The van der Waals surface area contributed by atoms with E-state index in [0.29, 0.717) is 15.7 Å². The maximum atomic E-state index is 11.8. The number of aliphatic hydroxyl groups is 1.